The van der Waals surface area contributed by atoms with Crippen LogP contribution >= 0.6 is 15.9 Å². The molecule has 4 nitrogen and oxygen atoms in total. The molecule has 2 amide bonds. The summed E-state index contributed by atoms with van der Waals surface area (Å²) in [5, 5.41) is 5.51. The van der Waals surface area contributed by atoms with E-state index < -0.39 is 0 Å². The molecule has 1 unspecified atom stereocenters. The molecule has 116 valence electrons. The molecule has 0 saturated heterocycles. The van der Waals surface area contributed by atoms with Crippen molar-refractivity contribution >= 4 is 22.0 Å². The lowest BCUT2D eigenvalue weighted by atomic mass is 10.1. The van der Waals surface area contributed by atoms with E-state index in [-0.39, 0.29) is 17.9 Å². The molecule has 0 radical (unpaired) electrons. The standard InChI is InChI=1S/C16H17BrFN3O/c1-11(15-4-2-3-8-19-15)21-16(22)20-9-7-12-10-13(17)5-6-14(12)18/h2-6,8,10-11H,7,9H2,1H3,(H2,20,21,22). The number of halogens is 2. The van der Waals surface area contributed by atoms with Crippen LogP contribution in [0.5, 0.6) is 0 Å². The molecular formula is C16H17BrFN3O. The van der Waals surface area contributed by atoms with Crippen molar-refractivity contribution in [1.82, 2.24) is 15.6 Å². The zero-order valence-corrected chi connectivity index (χ0v) is 13.7. The molecule has 0 aliphatic heterocycles. The van der Waals surface area contributed by atoms with Gasteiger partial charge in [-0.2, -0.15) is 0 Å². The van der Waals surface area contributed by atoms with Crippen LogP contribution in [0.25, 0.3) is 0 Å². The molecule has 6 heteroatoms. The van der Waals surface area contributed by atoms with E-state index in [0.717, 1.165) is 10.2 Å². The molecule has 0 bridgehead atoms. The summed E-state index contributed by atoms with van der Waals surface area (Å²) in [6.45, 7) is 2.21. The zero-order valence-electron chi connectivity index (χ0n) is 12.1. The van der Waals surface area contributed by atoms with Gasteiger partial charge in [0, 0.05) is 17.2 Å². The summed E-state index contributed by atoms with van der Waals surface area (Å²) in [6, 6.07) is 9.82. The van der Waals surface area contributed by atoms with Crippen LogP contribution in [0.1, 0.15) is 24.2 Å². The van der Waals surface area contributed by atoms with Crippen molar-refractivity contribution in [2.24, 2.45) is 0 Å². The highest BCUT2D eigenvalue weighted by molar-refractivity contribution is 9.10. The molecule has 1 aromatic heterocycles. The minimum Gasteiger partial charge on any atom is -0.338 e. The minimum absolute atomic E-state index is 0.191. The summed E-state index contributed by atoms with van der Waals surface area (Å²) in [6.07, 6.45) is 2.11. The average molecular weight is 366 g/mol. The molecule has 1 atom stereocenters. The fourth-order valence-corrected chi connectivity index (χ4v) is 2.41. The third-order valence-corrected chi connectivity index (χ3v) is 3.66. The van der Waals surface area contributed by atoms with Crippen LogP contribution in [-0.2, 0) is 6.42 Å². The van der Waals surface area contributed by atoms with Crippen LogP contribution in [0.2, 0.25) is 0 Å². The van der Waals surface area contributed by atoms with Gasteiger partial charge in [-0.05, 0) is 49.2 Å². The van der Waals surface area contributed by atoms with E-state index in [1.807, 2.05) is 25.1 Å². The normalized spacial score (nSPS) is 11.8. The highest BCUT2D eigenvalue weighted by Gasteiger charge is 2.10. The second-order valence-electron chi connectivity index (χ2n) is 4.86. The Bertz CT molecular complexity index is 637. The molecule has 0 fully saturated rings. The van der Waals surface area contributed by atoms with E-state index in [9.17, 15) is 9.18 Å². The molecule has 0 saturated carbocycles. The third-order valence-electron chi connectivity index (χ3n) is 3.17. The number of nitrogens with zero attached hydrogens (tertiary/aromatic N) is 1. The van der Waals surface area contributed by atoms with E-state index in [1.54, 1.807) is 18.3 Å². The molecule has 0 aliphatic rings. The highest BCUT2D eigenvalue weighted by Crippen LogP contribution is 2.15. The zero-order chi connectivity index (χ0) is 15.9. The fraction of sp³-hybridized carbons (Fsp3) is 0.250. The number of hydrogen-bond acceptors (Lipinski definition) is 2. The first-order chi connectivity index (χ1) is 10.6. The van der Waals surface area contributed by atoms with Crippen LogP contribution in [0.4, 0.5) is 9.18 Å². The monoisotopic (exact) mass is 365 g/mol. The van der Waals surface area contributed by atoms with Gasteiger partial charge in [-0.3, -0.25) is 4.98 Å². The van der Waals surface area contributed by atoms with Gasteiger partial charge in [0.2, 0.25) is 0 Å². The third kappa shape index (κ3) is 4.80. The molecule has 0 spiro atoms. The number of pyridine rings is 1. The number of urea groups is 1. The largest absolute Gasteiger partial charge is 0.338 e. The molecule has 22 heavy (non-hydrogen) atoms. The Kier molecular flexibility index (Phi) is 5.89. The summed E-state index contributed by atoms with van der Waals surface area (Å²) in [5.74, 6) is -0.271. The summed E-state index contributed by atoms with van der Waals surface area (Å²) in [7, 11) is 0. The second-order valence-corrected chi connectivity index (χ2v) is 5.78. The number of carbonyl (C=O) groups is 1. The Balaban J connectivity index is 1.79. The minimum atomic E-state index is -0.298. The molecule has 2 N–H and O–H groups in total. The maximum atomic E-state index is 13.6. The average Bonchev–Trinajstić information content (AvgIpc) is 2.51. The lowest BCUT2D eigenvalue weighted by Gasteiger charge is -2.14. The van der Waals surface area contributed by atoms with Crippen molar-refractivity contribution < 1.29 is 9.18 Å². The Morgan fingerprint density at radius 3 is 2.91 bits per heavy atom. The van der Waals surface area contributed by atoms with E-state index in [0.29, 0.717) is 18.5 Å². The van der Waals surface area contributed by atoms with Crippen molar-refractivity contribution in [3.8, 4) is 0 Å². The smallest absolute Gasteiger partial charge is 0.315 e. The van der Waals surface area contributed by atoms with Gasteiger partial charge in [0.05, 0.1) is 11.7 Å². The van der Waals surface area contributed by atoms with Gasteiger partial charge in [0.25, 0.3) is 0 Å². The van der Waals surface area contributed by atoms with Crippen molar-refractivity contribution in [2.75, 3.05) is 6.54 Å². The van der Waals surface area contributed by atoms with E-state index in [4.69, 9.17) is 0 Å². The van der Waals surface area contributed by atoms with Crippen LogP contribution in [0.15, 0.2) is 47.1 Å². The predicted molar refractivity (Wildman–Crippen MR) is 87.0 cm³/mol. The van der Waals surface area contributed by atoms with Gasteiger partial charge in [0.1, 0.15) is 5.82 Å². The Labute approximate surface area is 137 Å². The number of benzene rings is 1. The van der Waals surface area contributed by atoms with Crippen LogP contribution in [-0.4, -0.2) is 17.6 Å². The Morgan fingerprint density at radius 2 is 2.18 bits per heavy atom. The van der Waals surface area contributed by atoms with Gasteiger partial charge < -0.3 is 10.6 Å². The first-order valence-electron chi connectivity index (χ1n) is 6.95. The SMILES string of the molecule is CC(NC(=O)NCCc1cc(Br)ccc1F)c1ccccn1. The maximum absolute atomic E-state index is 13.6. The fourth-order valence-electron chi connectivity index (χ4n) is 2.00. The van der Waals surface area contributed by atoms with E-state index in [1.165, 1.54) is 6.07 Å². The Morgan fingerprint density at radius 1 is 1.36 bits per heavy atom. The predicted octanol–water partition coefficient (Wildman–Crippen LogP) is 3.59. The van der Waals surface area contributed by atoms with E-state index in [2.05, 4.69) is 31.5 Å². The van der Waals surface area contributed by atoms with Crippen molar-refractivity contribution in [3.05, 3.63) is 64.1 Å². The first-order valence-corrected chi connectivity index (χ1v) is 7.75. The first kappa shape index (κ1) is 16.4. The van der Waals surface area contributed by atoms with Crippen molar-refractivity contribution in [2.45, 2.75) is 19.4 Å². The molecule has 1 aromatic carbocycles. The van der Waals surface area contributed by atoms with Crippen molar-refractivity contribution in [1.29, 1.82) is 0 Å². The highest BCUT2D eigenvalue weighted by atomic mass is 79.9. The molecule has 0 aliphatic carbocycles. The quantitative estimate of drug-likeness (QED) is 0.850. The summed E-state index contributed by atoms with van der Waals surface area (Å²) in [4.78, 5) is 16.0. The van der Waals surface area contributed by atoms with Gasteiger partial charge >= 0.3 is 6.03 Å². The number of rotatable bonds is 5. The summed E-state index contributed by atoms with van der Waals surface area (Å²) < 4.78 is 14.4. The van der Waals surface area contributed by atoms with Crippen LogP contribution in [0, 0.1) is 5.82 Å². The van der Waals surface area contributed by atoms with E-state index >= 15 is 0 Å². The maximum Gasteiger partial charge on any atom is 0.315 e. The molecule has 2 aromatic rings. The number of nitrogens with one attached hydrogen (secondary N) is 2. The lowest BCUT2D eigenvalue weighted by molar-refractivity contribution is 0.238. The molecule has 1 heterocycles. The van der Waals surface area contributed by atoms with Gasteiger partial charge in [-0.25, -0.2) is 9.18 Å². The lowest BCUT2D eigenvalue weighted by Crippen LogP contribution is -2.38. The number of hydrogen-bond donors (Lipinski definition) is 2. The van der Waals surface area contributed by atoms with Gasteiger partial charge in [-0.1, -0.05) is 22.0 Å². The van der Waals surface area contributed by atoms with Crippen LogP contribution < -0.4 is 10.6 Å². The summed E-state index contributed by atoms with van der Waals surface area (Å²) >= 11 is 3.30. The Hall–Kier alpha value is -1.95. The van der Waals surface area contributed by atoms with Gasteiger partial charge in [0.15, 0.2) is 0 Å². The second kappa shape index (κ2) is 7.89. The molecular weight excluding hydrogens is 349 g/mol. The van der Waals surface area contributed by atoms with Crippen LogP contribution in [0.3, 0.4) is 0 Å². The van der Waals surface area contributed by atoms with Gasteiger partial charge in [-0.15, -0.1) is 0 Å². The van der Waals surface area contributed by atoms with Crippen molar-refractivity contribution in [3.63, 3.8) is 0 Å². The topological polar surface area (TPSA) is 54.0 Å². The number of carbonyl (C=O) groups excluding carboxylic acids is 1. The molecule has 2 rings (SSSR count). The number of aromatic nitrogens is 1. The number of amides is 2. The summed E-state index contributed by atoms with van der Waals surface area (Å²) in [5.41, 5.74) is 1.35.